The number of hydrogen-bond donors (Lipinski definition) is 0. The van der Waals surface area contributed by atoms with E-state index in [0.29, 0.717) is 17.8 Å². The molecule has 1 aliphatic heterocycles. The molecule has 0 N–H and O–H groups in total. The van der Waals surface area contributed by atoms with E-state index in [9.17, 15) is 0 Å². The van der Waals surface area contributed by atoms with Gasteiger partial charge in [0, 0.05) is 31.4 Å². The van der Waals surface area contributed by atoms with Gasteiger partial charge >= 0.3 is 0 Å². The maximum absolute atomic E-state index is 5.38. The average Bonchev–Trinajstić information content (AvgIpc) is 3.21. The van der Waals surface area contributed by atoms with E-state index in [0.717, 1.165) is 19.6 Å². The van der Waals surface area contributed by atoms with Crippen LogP contribution in [-0.2, 0) is 19.4 Å². The molecule has 6 nitrogen and oxygen atoms in total. The van der Waals surface area contributed by atoms with E-state index in [2.05, 4.69) is 15.0 Å². The van der Waals surface area contributed by atoms with Gasteiger partial charge in [-0.3, -0.25) is 4.90 Å². The zero-order valence-electron chi connectivity index (χ0n) is 14.5. The Balaban J connectivity index is 1.42. The molecule has 2 aliphatic rings. The average molecular weight is 347 g/mol. The molecule has 1 fully saturated rings. The molecule has 1 aliphatic carbocycles. The lowest BCUT2D eigenvalue weighted by molar-refractivity contribution is 0.177. The first-order valence-electron chi connectivity index (χ1n) is 8.90. The second kappa shape index (κ2) is 6.80. The maximum atomic E-state index is 5.38. The molecular formula is C17H25N5OS. The number of aromatic nitrogens is 3. The van der Waals surface area contributed by atoms with Gasteiger partial charge in [0.1, 0.15) is 0 Å². The summed E-state index contributed by atoms with van der Waals surface area (Å²) in [5, 5.41) is 5.36. The van der Waals surface area contributed by atoms with Crippen LogP contribution in [-0.4, -0.2) is 47.2 Å². The Morgan fingerprint density at radius 1 is 1.21 bits per heavy atom. The second-order valence-electron chi connectivity index (χ2n) is 7.09. The summed E-state index contributed by atoms with van der Waals surface area (Å²) in [5.74, 6) is 1.91. The summed E-state index contributed by atoms with van der Waals surface area (Å²) < 4.78 is 5.38. The summed E-state index contributed by atoms with van der Waals surface area (Å²) in [6.45, 7) is 2.88. The molecule has 2 aromatic heterocycles. The van der Waals surface area contributed by atoms with Crippen molar-refractivity contribution >= 4 is 17.3 Å². The highest BCUT2D eigenvalue weighted by Gasteiger charge is 2.27. The molecule has 0 radical (unpaired) electrons. The summed E-state index contributed by atoms with van der Waals surface area (Å²) in [5.41, 5.74) is 1.38. The van der Waals surface area contributed by atoms with Gasteiger partial charge in [-0.25, -0.2) is 4.98 Å². The van der Waals surface area contributed by atoms with Crippen molar-refractivity contribution in [3.05, 3.63) is 21.5 Å². The first kappa shape index (κ1) is 16.0. The van der Waals surface area contributed by atoms with Crippen LogP contribution < -0.4 is 4.90 Å². The highest BCUT2D eigenvalue weighted by atomic mass is 32.1. The van der Waals surface area contributed by atoms with E-state index in [1.165, 1.54) is 49.2 Å². The van der Waals surface area contributed by atoms with Crippen LogP contribution in [0.4, 0.5) is 5.95 Å². The molecule has 1 saturated heterocycles. The number of likely N-dealkylation sites (tertiary alicyclic amines) is 1. The quantitative estimate of drug-likeness (QED) is 0.848. The lowest BCUT2D eigenvalue weighted by Crippen LogP contribution is -2.34. The Kier molecular flexibility index (Phi) is 4.54. The Morgan fingerprint density at radius 2 is 2.08 bits per heavy atom. The number of fused-ring (bicyclic) bond motifs is 1. The third kappa shape index (κ3) is 3.32. The number of nitrogens with zero attached hydrogens (tertiary/aromatic N) is 5. The van der Waals surface area contributed by atoms with Crippen LogP contribution in [0.2, 0.25) is 0 Å². The summed E-state index contributed by atoms with van der Waals surface area (Å²) in [6, 6.07) is 0. The number of thiazole rings is 1. The van der Waals surface area contributed by atoms with Gasteiger partial charge in [0.25, 0.3) is 5.95 Å². The minimum atomic E-state index is 0.561. The Labute approximate surface area is 146 Å². The van der Waals surface area contributed by atoms with E-state index in [1.54, 1.807) is 4.88 Å². The minimum Gasteiger partial charge on any atom is -0.344 e. The van der Waals surface area contributed by atoms with Crippen molar-refractivity contribution in [2.24, 2.45) is 0 Å². The smallest absolute Gasteiger partial charge is 0.265 e. The maximum Gasteiger partial charge on any atom is 0.265 e. The van der Waals surface area contributed by atoms with Gasteiger partial charge in [-0.05, 0) is 50.2 Å². The molecule has 0 amide bonds. The lowest BCUT2D eigenvalue weighted by atomic mass is 9.98. The molecule has 2 aromatic rings. The predicted octanol–water partition coefficient (Wildman–Crippen LogP) is 2.85. The zero-order chi connectivity index (χ0) is 16.5. The first-order chi connectivity index (χ1) is 11.7. The molecule has 24 heavy (non-hydrogen) atoms. The molecule has 0 bridgehead atoms. The van der Waals surface area contributed by atoms with E-state index < -0.39 is 0 Å². The molecule has 1 atom stereocenters. The molecule has 3 heterocycles. The van der Waals surface area contributed by atoms with Crippen LogP contribution in [0.1, 0.15) is 53.1 Å². The first-order valence-corrected chi connectivity index (χ1v) is 9.71. The molecular weight excluding hydrogens is 322 g/mol. The SMILES string of the molecule is CN(C)c1noc(CN2CCC[C@H](c3nc4c(s3)CCCC4)C2)n1. The largest absolute Gasteiger partial charge is 0.344 e. The van der Waals surface area contributed by atoms with Crippen molar-refractivity contribution in [1.82, 2.24) is 20.0 Å². The highest BCUT2D eigenvalue weighted by Crippen LogP contribution is 2.34. The van der Waals surface area contributed by atoms with E-state index in [-0.39, 0.29) is 0 Å². The number of piperidine rings is 1. The predicted molar refractivity (Wildman–Crippen MR) is 94.6 cm³/mol. The fourth-order valence-corrected chi connectivity index (χ4v) is 4.91. The minimum absolute atomic E-state index is 0.561. The van der Waals surface area contributed by atoms with Crippen LogP contribution >= 0.6 is 11.3 Å². The fourth-order valence-electron chi connectivity index (χ4n) is 3.63. The molecule has 4 rings (SSSR count). The van der Waals surface area contributed by atoms with E-state index >= 15 is 0 Å². The van der Waals surface area contributed by atoms with Gasteiger partial charge < -0.3 is 9.42 Å². The molecule has 0 unspecified atom stereocenters. The lowest BCUT2D eigenvalue weighted by Gasteiger charge is -2.30. The van der Waals surface area contributed by atoms with Crippen LogP contribution in [0, 0.1) is 0 Å². The molecule has 0 spiro atoms. The van der Waals surface area contributed by atoms with Crippen molar-refractivity contribution in [1.29, 1.82) is 0 Å². The van der Waals surface area contributed by atoms with E-state index in [4.69, 9.17) is 9.51 Å². The molecule has 0 aromatic carbocycles. The Morgan fingerprint density at radius 3 is 2.88 bits per heavy atom. The van der Waals surface area contributed by atoms with Crippen molar-refractivity contribution in [2.45, 2.75) is 51.0 Å². The van der Waals surface area contributed by atoms with Crippen molar-refractivity contribution in [3.8, 4) is 0 Å². The topological polar surface area (TPSA) is 58.3 Å². The Hall–Kier alpha value is -1.47. The Bertz CT molecular complexity index is 671. The standard InChI is InChI=1S/C17H25N5OS/c1-21(2)17-19-15(23-20-17)11-22-9-5-6-12(10-22)16-18-13-7-3-4-8-14(13)24-16/h12H,3-11H2,1-2H3/t12-/m0/s1. The summed E-state index contributed by atoms with van der Waals surface area (Å²) in [7, 11) is 3.85. The van der Waals surface area contributed by atoms with Gasteiger partial charge in [0.2, 0.25) is 5.89 Å². The fraction of sp³-hybridized carbons (Fsp3) is 0.706. The molecule has 0 saturated carbocycles. The van der Waals surface area contributed by atoms with Crippen LogP contribution in [0.5, 0.6) is 0 Å². The third-order valence-corrected chi connectivity index (χ3v) is 6.25. The van der Waals surface area contributed by atoms with Gasteiger partial charge in [-0.1, -0.05) is 0 Å². The number of rotatable bonds is 4. The van der Waals surface area contributed by atoms with Crippen LogP contribution in [0.15, 0.2) is 4.52 Å². The van der Waals surface area contributed by atoms with E-state index in [1.807, 2.05) is 30.3 Å². The molecule has 130 valence electrons. The monoisotopic (exact) mass is 347 g/mol. The zero-order valence-corrected chi connectivity index (χ0v) is 15.3. The summed E-state index contributed by atoms with van der Waals surface area (Å²) in [4.78, 5) is 15.3. The van der Waals surface area contributed by atoms with Gasteiger partial charge in [0.05, 0.1) is 17.2 Å². The normalized spacial score (nSPS) is 21.7. The van der Waals surface area contributed by atoms with Gasteiger partial charge in [-0.15, -0.1) is 11.3 Å². The van der Waals surface area contributed by atoms with Crippen molar-refractivity contribution in [3.63, 3.8) is 0 Å². The van der Waals surface area contributed by atoms with Crippen LogP contribution in [0.3, 0.4) is 0 Å². The van der Waals surface area contributed by atoms with Gasteiger partial charge in [-0.2, -0.15) is 4.98 Å². The summed E-state index contributed by atoms with van der Waals surface area (Å²) in [6.07, 6.45) is 7.50. The molecule has 7 heteroatoms. The number of hydrogen-bond acceptors (Lipinski definition) is 7. The van der Waals surface area contributed by atoms with Crippen LogP contribution in [0.25, 0.3) is 0 Å². The van der Waals surface area contributed by atoms with Crippen molar-refractivity contribution < 1.29 is 4.52 Å². The number of anilines is 1. The second-order valence-corrected chi connectivity index (χ2v) is 8.20. The highest BCUT2D eigenvalue weighted by molar-refractivity contribution is 7.11. The van der Waals surface area contributed by atoms with Crippen molar-refractivity contribution in [2.75, 3.05) is 32.1 Å². The number of aryl methyl sites for hydroxylation is 2. The third-order valence-electron chi connectivity index (χ3n) is 4.93. The van der Waals surface area contributed by atoms with Gasteiger partial charge in [0.15, 0.2) is 0 Å². The summed E-state index contributed by atoms with van der Waals surface area (Å²) >= 11 is 1.96.